The molecular formula is C21H30F3N3O5. The first kappa shape index (κ1) is 25.7. The number of halogens is 3. The molecule has 3 rings (SSSR count). The predicted molar refractivity (Wildman–Crippen MR) is 110 cm³/mol. The third-order valence-corrected chi connectivity index (χ3v) is 5.56. The molecule has 0 aliphatic carbocycles. The number of alkyl halides is 3. The molecule has 2 heterocycles. The Morgan fingerprint density at radius 1 is 1.28 bits per heavy atom. The lowest BCUT2D eigenvalue weighted by Crippen LogP contribution is -2.46. The molecule has 2 amide bonds. The number of piperidine rings is 1. The molecule has 32 heavy (non-hydrogen) atoms. The maximum atomic E-state index is 11.8. The first-order valence-electron chi connectivity index (χ1n) is 10.2. The number of methoxy groups -OCH3 is 1. The Labute approximate surface area is 185 Å². The highest BCUT2D eigenvalue weighted by Crippen LogP contribution is 2.34. The summed E-state index contributed by atoms with van der Waals surface area (Å²) in [6.45, 7) is 4.49. The lowest BCUT2D eigenvalue weighted by Gasteiger charge is -2.36. The molecule has 2 aliphatic rings. The lowest BCUT2D eigenvalue weighted by atomic mass is 9.84. The number of carboxylic acid groups (broad SMARTS) is 1. The van der Waals surface area contributed by atoms with Crippen LogP contribution in [0, 0.1) is 11.8 Å². The molecule has 2 aliphatic heterocycles. The maximum Gasteiger partial charge on any atom is 0.490 e. The molecule has 0 aromatic heterocycles. The van der Waals surface area contributed by atoms with Crippen LogP contribution < -0.4 is 10.1 Å². The Balaban J connectivity index is 0.000000451. The Morgan fingerprint density at radius 3 is 2.44 bits per heavy atom. The number of rotatable bonds is 5. The second-order valence-corrected chi connectivity index (χ2v) is 8.05. The number of carbonyl (C=O) groups excluding carboxylic acids is 1. The summed E-state index contributed by atoms with van der Waals surface area (Å²) < 4.78 is 42.9. The first-order valence-corrected chi connectivity index (χ1v) is 10.2. The van der Waals surface area contributed by atoms with Crippen molar-refractivity contribution >= 4 is 12.0 Å². The second kappa shape index (κ2) is 11.4. The van der Waals surface area contributed by atoms with E-state index >= 15 is 0 Å². The predicted octanol–water partition coefficient (Wildman–Crippen LogP) is 2.44. The zero-order valence-electron chi connectivity index (χ0n) is 18.4. The van der Waals surface area contributed by atoms with Crippen LogP contribution in [0.15, 0.2) is 24.3 Å². The van der Waals surface area contributed by atoms with Crippen molar-refractivity contribution in [2.75, 3.05) is 47.4 Å². The van der Waals surface area contributed by atoms with Crippen LogP contribution >= 0.6 is 0 Å². The number of carboxylic acids is 1. The SMILES string of the molecule is COc1ccc(CN2CC[C@H]3CO[C@H](CNC(=O)N(C)C)[C@H]3C2)cc1.O=C(O)C(F)(F)F. The molecule has 2 saturated heterocycles. The number of carbonyl (C=O) groups is 2. The summed E-state index contributed by atoms with van der Waals surface area (Å²) >= 11 is 0. The van der Waals surface area contributed by atoms with Crippen molar-refractivity contribution in [2.24, 2.45) is 11.8 Å². The summed E-state index contributed by atoms with van der Waals surface area (Å²) in [5, 5.41) is 10.1. The lowest BCUT2D eigenvalue weighted by molar-refractivity contribution is -0.192. The summed E-state index contributed by atoms with van der Waals surface area (Å²) in [6.07, 6.45) is -3.80. The highest BCUT2D eigenvalue weighted by Gasteiger charge is 2.41. The Morgan fingerprint density at radius 2 is 1.91 bits per heavy atom. The van der Waals surface area contributed by atoms with E-state index in [4.69, 9.17) is 19.4 Å². The van der Waals surface area contributed by atoms with E-state index in [1.54, 1.807) is 26.1 Å². The van der Waals surface area contributed by atoms with Gasteiger partial charge in [0.1, 0.15) is 5.75 Å². The van der Waals surface area contributed by atoms with Gasteiger partial charge >= 0.3 is 18.2 Å². The molecule has 0 saturated carbocycles. The Hall–Kier alpha value is -2.53. The van der Waals surface area contributed by atoms with Crippen molar-refractivity contribution in [2.45, 2.75) is 25.2 Å². The van der Waals surface area contributed by atoms with Crippen LogP contribution in [0.25, 0.3) is 0 Å². The van der Waals surface area contributed by atoms with Gasteiger partial charge < -0.3 is 24.8 Å². The van der Waals surface area contributed by atoms with Crippen molar-refractivity contribution in [3.8, 4) is 5.75 Å². The van der Waals surface area contributed by atoms with Crippen LogP contribution in [0.2, 0.25) is 0 Å². The van der Waals surface area contributed by atoms with Gasteiger partial charge in [-0.15, -0.1) is 0 Å². The summed E-state index contributed by atoms with van der Waals surface area (Å²) in [5.41, 5.74) is 1.30. The summed E-state index contributed by atoms with van der Waals surface area (Å²) in [4.78, 5) is 24.7. The Bertz CT molecular complexity index is 758. The van der Waals surface area contributed by atoms with Gasteiger partial charge in [0.25, 0.3) is 0 Å². The maximum absolute atomic E-state index is 11.8. The van der Waals surface area contributed by atoms with E-state index in [1.165, 1.54) is 12.0 Å². The third kappa shape index (κ3) is 7.56. The van der Waals surface area contributed by atoms with E-state index < -0.39 is 12.1 Å². The number of nitrogens with zero attached hydrogens (tertiary/aromatic N) is 2. The van der Waals surface area contributed by atoms with Gasteiger partial charge in [0, 0.05) is 39.6 Å². The molecule has 180 valence electrons. The quantitative estimate of drug-likeness (QED) is 0.700. The normalized spacial score (nSPS) is 22.9. The van der Waals surface area contributed by atoms with Crippen LogP contribution in [0.5, 0.6) is 5.75 Å². The van der Waals surface area contributed by atoms with Gasteiger partial charge in [-0.2, -0.15) is 13.2 Å². The first-order chi connectivity index (χ1) is 15.0. The molecule has 11 heteroatoms. The van der Waals surface area contributed by atoms with E-state index in [1.807, 2.05) is 12.1 Å². The fraction of sp³-hybridized carbons (Fsp3) is 0.619. The van der Waals surface area contributed by atoms with Crippen LogP contribution in [0.4, 0.5) is 18.0 Å². The summed E-state index contributed by atoms with van der Waals surface area (Å²) in [5.74, 6) is -0.751. The third-order valence-electron chi connectivity index (χ3n) is 5.56. The molecule has 0 radical (unpaired) electrons. The van der Waals surface area contributed by atoms with E-state index in [0.717, 1.165) is 32.0 Å². The largest absolute Gasteiger partial charge is 0.497 e. The highest BCUT2D eigenvalue weighted by molar-refractivity contribution is 5.73. The molecule has 2 N–H and O–H groups in total. The average Bonchev–Trinajstić information content (AvgIpc) is 3.14. The van der Waals surface area contributed by atoms with Gasteiger partial charge in [-0.1, -0.05) is 12.1 Å². The summed E-state index contributed by atoms with van der Waals surface area (Å²) in [6, 6.07) is 8.23. The number of likely N-dealkylation sites (tertiary alicyclic amines) is 1. The Kier molecular flexibility index (Phi) is 9.14. The van der Waals surface area contributed by atoms with Gasteiger partial charge in [-0.25, -0.2) is 9.59 Å². The van der Waals surface area contributed by atoms with Gasteiger partial charge in [0.05, 0.1) is 19.8 Å². The highest BCUT2D eigenvalue weighted by atomic mass is 19.4. The topological polar surface area (TPSA) is 91.3 Å². The average molecular weight is 461 g/mol. The fourth-order valence-electron chi connectivity index (χ4n) is 3.79. The molecule has 0 unspecified atom stereocenters. The number of amides is 2. The zero-order valence-corrected chi connectivity index (χ0v) is 18.4. The van der Waals surface area contributed by atoms with E-state index in [0.29, 0.717) is 18.4 Å². The number of benzene rings is 1. The van der Waals surface area contributed by atoms with Crippen LogP contribution in [0.3, 0.4) is 0 Å². The number of aliphatic carboxylic acids is 1. The van der Waals surface area contributed by atoms with Crippen molar-refractivity contribution in [1.29, 1.82) is 0 Å². The van der Waals surface area contributed by atoms with E-state index in [2.05, 4.69) is 22.3 Å². The number of urea groups is 1. The van der Waals surface area contributed by atoms with Gasteiger partial charge in [0.2, 0.25) is 0 Å². The zero-order chi connectivity index (χ0) is 23.9. The van der Waals surface area contributed by atoms with Crippen molar-refractivity contribution in [3.05, 3.63) is 29.8 Å². The molecule has 1 aromatic rings. The van der Waals surface area contributed by atoms with Crippen LogP contribution in [-0.2, 0) is 16.1 Å². The minimum absolute atomic E-state index is 0.0575. The smallest absolute Gasteiger partial charge is 0.490 e. The van der Waals surface area contributed by atoms with Crippen LogP contribution in [0.1, 0.15) is 12.0 Å². The monoisotopic (exact) mass is 461 g/mol. The number of hydrogen-bond donors (Lipinski definition) is 2. The number of hydrogen-bond acceptors (Lipinski definition) is 5. The summed E-state index contributed by atoms with van der Waals surface area (Å²) in [7, 11) is 5.20. The molecule has 0 spiro atoms. The fourth-order valence-corrected chi connectivity index (χ4v) is 3.79. The van der Waals surface area contributed by atoms with Crippen molar-refractivity contribution < 1.29 is 37.3 Å². The van der Waals surface area contributed by atoms with Gasteiger partial charge in [0.15, 0.2) is 0 Å². The molecule has 8 nitrogen and oxygen atoms in total. The molecular weight excluding hydrogens is 431 g/mol. The van der Waals surface area contributed by atoms with E-state index in [-0.39, 0.29) is 12.1 Å². The van der Waals surface area contributed by atoms with Crippen molar-refractivity contribution in [3.63, 3.8) is 0 Å². The van der Waals surface area contributed by atoms with E-state index in [9.17, 15) is 18.0 Å². The standard InChI is InChI=1S/C19H29N3O3.C2HF3O2/c1-21(2)19(23)20-10-18-17-12-22(9-8-15(17)13-25-18)11-14-4-6-16(24-3)7-5-14;3-2(4,5)1(6)7/h4-7,15,17-18H,8-13H2,1-3H3,(H,20,23);(H,6,7)/t15-,17-,18+;/m0./s1. The molecule has 1 aromatic carbocycles. The van der Waals surface area contributed by atoms with Crippen LogP contribution in [-0.4, -0.2) is 86.6 Å². The van der Waals surface area contributed by atoms with Gasteiger partial charge in [-0.05, 0) is 36.6 Å². The number of ether oxygens (including phenoxy) is 2. The van der Waals surface area contributed by atoms with Crippen molar-refractivity contribution in [1.82, 2.24) is 15.1 Å². The van der Waals surface area contributed by atoms with Gasteiger partial charge in [-0.3, -0.25) is 4.90 Å². The molecule has 0 bridgehead atoms. The number of nitrogens with one attached hydrogen (secondary N) is 1. The minimum atomic E-state index is -5.08. The minimum Gasteiger partial charge on any atom is -0.497 e. The number of fused-ring (bicyclic) bond motifs is 1. The molecule has 2 fully saturated rings. The molecule has 3 atom stereocenters. The second-order valence-electron chi connectivity index (χ2n) is 8.05.